The fourth-order valence-electron chi connectivity index (χ4n) is 3.37. The number of rotatable bonds is 6. The first kappa shape index (κ1) is 20.9. The van der Waals surface area contributed by atoms with Crippen molar-refractivity contribution >= 4 is 5.96 Å². The highest BCUT2D eigenvalue weighted by Gasteiger charge is 2.17. The molecule has 0 unspecified atom stereocenters. The number of fused-ring (bicyclic) bond motifs is 1. The first-order valence-electron chi connectivity index (χ1n) is 10.1. The summed E-state index contributed by atoms with van der Waals surface area (Å²) in [6.07, 6.45) is 2.22. The molecule has 31 heavy (non-hydrogen) atoms. The van der Waals surface area contributed by atoms with E-state index in [0.29, 0.717) is 43.7 Å². The molecule has 2 heterocycles. The molecule has 0 aliphatic carbocycles. The lowest BCUT2D eigenvalue weighted by molar-refractivity contribution is -0.0172. The second-order valence-electron chi connectivity index (χ2n) is 7.28. The molecule has 1 aliphatic rings. The number of nitrogens with one attached hydrogen (secondary N) is 2. The summed E-state index contributed by atoms with van der Waals surface area (Å²) >= 11 is 0. The molecule has 3 aromatic rings. The SMILES string of the molecule is CN=C(NCCc1cc(F)cc2c1OCOC2)NCc1coc(-c2ccc(C)cc2)n1. The highest BCUT2D eigenvalue weighted by atomic mass is 19.1. The minimum atomic E-state index is -0.291. The maximum atomic E-state index is 13.9. The lowest BCUT2D eigenvalue weighted by Gasteiger charge is -2.21. The summed E-state index contributed by atoms with van der Waals surface area (Å²) in [6, 6.07) is 11.0. The Kier molecular flexibility index (Phi) is 6.47. The molecule has 2 N–H and O–H groups in total. The molecule has 0 amide bonds. The minimum absolute atomic E-state index is 0.185. The van der Waals surface area contributed by atoms with E-state index < -0.39 is 0 Å². The number of oxazole rings is 1. The molecule has 0 spiro atoms. The third-order valence-electron chi connectivity index (χ3n) is 4.95. The number of guanidine groups is 1. The van der Waals surface area contributed by atoms with Gasteiger partial charge in [-0.25, -0.2) is 9.37 Å². The molecule has 8 heteroatoms. The second-order valence-corrected chi connectivity index (χ2v) is 7.28. The van der Waals surface area contributed by atoms with Crippen molar-refractivity contribution in [2.75, 3.05) is 20.4 Å². The Hall–Kier alpha value is -3.39. The van der Waals surface area contributed by atoms with Crippen LogP contribution in [0.15, 0.2) is 52.1 Å². The van der Waals surface area contributed by atoms with E-state index in [0.717, 1.165) is 22.4 Å². The second kappa shape index (κ2) is 9.61. The van der Waals surface area contributed by atoms with Gasteiger partial charge < -0.3 is 24.5 Å². The fourth-order valence-corrected chi connectivity index (χ4v) is 3.37. The van der Waals surface area contributed by atoms with E-state index in [9.17, 15) is 4.39 Å². The fraction of sp³-hybridized carbons (Fsp3) is 0.304. The van der Waals surface area contributed by atoms with Gasteiger partial charge in [0.25, 0.3) is 0 Å². The molecule has 1 aliphatic heterocycles. The first-order chi connectivity index (χ1) is 15.1. The molecule has 0 bridgehead atoms. The molecule has 0 fully saturated rings. The van der Waals surface area contributed by atoms with Crippen LogP contribution in [0.2, 0.25) is 0 Å². The third kappa shape index (κ3) is 5.21. The molecular formula is C23H25FN4O3. The molecule has 162 valence electrons. The number of halogens is 1. The standard InChI is InChI=1S/C23H25FN4O3/c1-15-3-5-16(6-4-15)22-28-20(13-30-22)11-27-23(25-2)26-8-7-17-9-19(24)10-18-12-29-14-31-21(17)18/h3-6,9-10,13H,7-8,11-12,14H2,1-2H3,(H2,25,26,27). The van der Waals surface area contributed by atoms with Gasteiger partial charge in [-0.3, -0.25) is 4.99 Å². The van der Waals surface area contributed by atoms with Crippen LogP contribution in [0.25, 0.3) is 11.5 Å². The number of hydrogen-bond donors (Lipinski definition) is 2. The Balaban J connectivity index is 1.30. The van der Waals surface area contributed by atoms with Crippen molar-refractivity contribution in [3.63, 3.8) is 0 Å². The summed E-state index contributed by atoms with van der Waals surface area (Å²) in [5.41, 5.74) is 4.43. The molecule has 4 rings (SSSR count). The van der Waals surface area contributed by atoms with Crippen molar-refractivity contribution in [3.8, 4) is 17.2 Å². The topological polar surface area (TPSA) is 80.9 Å². The first-order valence-corrected chi connectivity index (χ1v) is 10.1. The van der Waals surface area contributed by atoms with Crippen molar-refractivity contribution in [2.45, 2.75) is 26.5 Å². The Morgan fingerprint density at radius 1 is 1.19 bits per heavy atom. The van der Waals surface area contributed by atoms with Crippen LogP contribution in [0, 0.1) is 12.7 Å². The molecule has 0 saturated carbocycles. The molecule has 1 aromatic heterocycles. The third-order valence-corrected chi connectivity index (χ3v) is 4.95. The monoisotopic (exact) mass is 424 g/mol. The number of aliphatic imine (C=N–C) groups is 1. The summed E-state index contributed by atoms with van der Waals surface area (Å²) in [4.78, 5) is 8.74. The van der Waals surface area contributed by atoms with Crippen LogP contribution < -0.4 is 15.4 Å². The average Bonchev–Trinajstić information content (AvgIpc) is 3.25. The number of ether oxygens (including phenoxy) is 2. The van der Waals surface area contributed by atoms with Gasteiger partial charge in [0.2, 0.25) is 5.89 Å². The minimum Gasteiger partial charge on any atom is -0.467 e. The smallest absolute Gasteiger partial charge is 0.226 e. The van der Waals surface area contributed by atoms with Gasteiger partial charge in [-0.1, -0.05) is 17.7 Å². The summed E-state index contributed by atoms with van der Waals surface area (Å²) in [5.74, 6) is 1.62. The quantitative estimate of drug-likeness (QED) is 0.465. The van der Waals surface area contributed by atoms with E-state index in [2.05, 4.69) is 20.6 Å². The maximum Gasteiger partial charge on any atom is 0.226 e. The summed E-state index contributed by atoms with van der Waals surface area (Å²) < 4.78 is 30.3. The van der Waals surface area contributed by atoms with E-state index in [4.69, 9.17) is 13.9 Å². The van der Waals surface area contributed by atoms with E-state index in [1.807, 2.05) is 31.2 Å². The average molecular weight is 424 g/mol. The lowest BCUT2D eigenvalue weighted by atomic mass is 10.1. The number of benzene rings is 2. The van der Waals surface area contributed by atoms with Crippen molar-refractivity contribution in [2.24, 2.45) is 4.99 Å². The summed E-state index contributed by atoms with van der Waals surface area (Å²) in [5, 5.41) is 6.44. The lowest BCUT2D eigenvalue weighted by Crippen LogP contribution is -2.38. The van der Waals surface area contributed by atoms with Crippen LogP contribution in [0.1, 0.15) is 22.4 Å². The summed E-state index contributed by atoms with van der Waals surface area (Å²) in [7, 11) is 1.69. The number of hydrogen-bond acceptors (Lipinski definition) is 5. The molecule has 2 aromatic carbocycles. The van der Waals surface area contributed by atoms with Gasteiger partial charge in [0.15, 0.2) is 12.8 Å². The maximum absolute atomic E-state index is 13.9. The van der Waals surface area contributed by atoms with Crippen molar-refractivity contribution < 1.29 is 18.3 Å². The zero-order valence-electron chi connectivity index (χ0n) is 17.6. The van der Waals surface area contributed by atoms with Gasteiger partial charge in [-0.05, 0) is 43.2 Å². The van der Waals surface area contributed by atoms with Crippen LogP contribution in [0.5, 0.6) is 5.75 Å². The van der Waals surface area contributed by atoms with Crippen molar-refractivity contribution in [1.29, 1.82) is 0 Å². The highest BCUT2D eigenvalue weighted by Crippen LogP contribution is 2.29. The van der Waals surface area contributed by atoms with E-state index in [-0.39, 0.29) is 12.6 Å². The molecule has 0 atom stereocenters. The predicted octanol–water partition coefficient (Wildman–Crippen LogP) is 3.56. The largest absolute Gasteiger partial charge is 0.467 e. The molecular weight excluding hydrogens is 399 g/mol. The Morgan fingerprint density at radius 3 is 2.84 bits per heavy atom. The van der Waals surface area contributed by atoms with Gasteiger partial charge in [0.05, 0.1) is 18.8 Å². The van der Waals surface area contributed by atoms with Gasteiger partial charge in [-0.2, -0.15) is 0 Å². The van der Waals surface area contributed by atoms with E-state index in [1.165, 1.54) is 17.7 Å². The Morgan fingerprint density at radius 2 is 2.03 bits per heavy atom. The molecule has 7 nitrogen and oxygen atoms in total. The van der Waals surface area contributed by atoms with Gasteiger partial charge in [-0.15, -0.1) is 0 Å². The molecule has 0 radical (unpaired) electrons. The van der Waals surface area contributed by atoms with E-state index in [1.54, 1.807) is 13.3 Å². The normalized spacial score (nSPS) is 13.5. The van der Waals surface area contributed by atoms with E-state index >= 15 is 0 Å². The zero-order chi connectivity index (χ0) is 21.6. The van der Waals surface area contributed by atoms with Crippen LogP contribution in [-0.4, -0.2) is 31.3 Å². The van der Waals surface area contributed by atoms with Gasteiger partial charge in [0.1, 0.15) is 17.8 Å². The Labute approximate surface area is 180 Å². The molecule has 0 saturated heterocycles. The van der Waals surface area contributed by atoms with Crippen LogP contribution >= 0.6 is 0 Å². The van der Waals surface area contributed by atoms with Gasteiger partial charge in [0, 0.05) is 24.7 Å². The zero-order valence-corrected chi connectivity index (χ0v) is 17.6. The van der Waals surface area contributed by atoms with Crippen molar-refractivity contribution in [1.82, 2.24) is 15.6 Å². The number of aryl methyl sites for hydroxylation is 1. The van der Waals surface area contributed by atoms with Crippen LogP contribution in [0.3, 0.4) is 0 Å². The van der Waals surface area contributed by atoms with Crippen molar-refractivity contribution in [3.05, 3.63) is 70.9 Å². The Bertz CT molecular complexity index is 1060. The number of aromatic nitrogens is 1. The highest BCUT2D eigenvalue weighted by molar-refractivity contribution is 5.79. The summed E-state index contributed by atoms with van der Waals surface area (Å²) in [6.45, 7) is 3.61. The number of nitrogens with zero attached hydrogens (tertiary/aromatic N) is 2. The van der Waals surface area contributed by atoms with Gasteiger partial charge >= 0.3 is 0 Å². The van der Waals surface area contributed by atoms with Crippen LogP contribution in [0.4, 0.5) is 4.39 Å². The predicted molar refractivity (Wildman–Crippen MR) is 115 cm³/mol. The van der Waals surface area contributed by atoms with Crippen LogP contribution in [-0.2, 0) is 24.3 Å².